The molecule has 0 spiro atoms. The maximum atomic E-state index is 11.9. The van der Waals surface area contributed by atoms with Crippen molar-refractivity contribution in [2.45, 2.75) is 38.5 Å². The highest BCUT2D eigenvalue weighted by atomic mass is 16.5. The summed E-state index contributed by atoms with van der Waals surface area (Å²) in [6.45, 7) is 0.591. The van der Waals surface area contributed by atoms with Gasteiger partial charge < -0.3 is 4.74 Å². The molecule has 0 bridgehead atoms. The summed E-state index contributed by atoms with van der Waals surface area (Å²) in [6, 6.07) is 8.05. The lowest BCUT2D eigenvalue weighted by Gasteiger charge is -2.17. The van der Waals surface area contributed by atoms with E-state index in [9.17, 15) is 4.79 Å². The van der Waals surface area contributed by atoms with Crippen molar-refractivity contribution in [3.8, 4) is 11.8 Å². The van der Waals surface area contributed by atoms with Crippen LogP contribution in [0, 0.1) is 16.7 Å². The summed E-state index contributed by atoms with van der Waals surface area (Å²) in [4.78, 5) is 11.9. The first-order valence-electron chi connectivity index (χ1n) is 6.88. The first-order chi connectivity index (χ1) is 9.22. The molecule has 0 saturated heterocycles. The van der Waals surface area contributed by atoms with E-state index in [-0.39, 0.29) is 11.2 Å². The van der Waals surface area contributed by atoms with Crippen LogP contribution in [-0.4, -0.2) is 12.4 Å². The zero-order valence-corrected chi connectivity index (χ0v) is 10.9. The fourth-order valence-corrected chi connectivity index (χ4v) is 2.65. The number of carbonyl (C=O) groups excluding carboxylic acids is 1. The number of rotatable bonds is 4. The Labute approximate surface area is 113 Å². The molecule has 3 nitrogen and oxygen atoms in total. The third kappa shape index (κ3) is 2.49. The van der Waals surface area contributed by atoms with Crippen molar-refractivity contribution in [1.82, 2.24) is 0 Å². The summed E-state index contributed by atoms with van der Waals surface area (Å²) < 4.78 is 5.80. The normalized spacial score (nSPS) is 19.4. The minimum absolute atomic E-state index is 0.0780. The van der Waals surface area contributed by atoms with Gasteiger partial charge >= 0.3 is 0 Å². The number of carbonyl (C=O) groups is 1. The number of fused-ring (bicyclic) bond motifs is 1. The van der Waals surface area contributed by atoms with Crippen LogP contribution in [0.3, 0.4) is 0 Å². The Morgan fingerprint density at radius 3 is 2.89 bits per heavy atom. The molecular formula is C16H17NO2. The van der Waals surface area contributed by atoms with Gasteiger partial charge in [0, 0.05) is 23.8 Å². The highest BCUT2D eigenvalue weighted by Crippen LogP contribution is 2.48. The third-order valence-corrected chi connectivity index (χ3v) is 4.19. The van der Waals surface area contributed by atoms with E-state index in [1.165, 1.54) is 0 Å². The van der Waals surface area contributed by atoms with Gasteiger partial charge in [0.05, 0.1) is 12.7 Å². The van der Waals surface area contributed by atoms with E-state index in [2.05, 4.69) is 6.07 Å². The van der Waals surface area contributed by atoms with E-state index in [1.54, 1.807) is 0 Å². The van der Waals surface area contributed by atoms with Crippen molar-refractivity contribution in [3.05, 3.63) is 29.3 Å². The van der Waals surface area contributed by atoms with Crippen LogP contribution in [0.2, 0.25) is 0 Å². The number of nitriles is 1. The van der Waals surface area contributed by atoms with E-state index in [0.717, 1.165) is 42.6 Å². The molecule has 2 aliphatic rings. The number of hydrogen-bond acceptors (Lipinski definition) is 3. The smallest absolute Gasteiger partial charge is 0.163 e. The number of hydrogen-bond donors (Lipinski definition) is 0. The Morgan fingerprint density at radius 1 is 1.32 bits per heavy atom. The monoisotopic (exact) mass is 255 g/mol. The zero-order chi connectivity index (χ0) is 13.3. The lowest BCUT2D eigenvalue weighted by atomic mass is 9.90. The molecule has 1 aromatic rings. The Kier molecular flexibility index (Phi) is 3.02. The van der Waals surface area contributed by atoms with Crippen LogP contribution in [0.5, 0.6) is 5.75 Å². The lowest BCUT2D eigenvalue weighted by molar-refractivity contribution is 0.0972. The molecular weight excluding hydrogens is 238 g/mol. The number of ketones is 1. The maximum Gasteiger partial charge on any atom is 0.163 e. The number of benzene rings is 1. The highest BCUT2D eigenvalue weighted by Gasteiger charge is 2.43. The average Bonchev–Trinajstić information content (AvgIpc) is 3.18. The van der Waals surface area contributed by atoms with Crippen molar-refractivity contribution in [3.63, 3.8) is 0 Å². The number of aryl methyl sites for hydroxylation is 1. The molecule has 19 heavy (non-hydrogen) atoms. The molecule has 1 fully saturated rings. The summed E-state index contributed by atoms with van der Waals surface area (Å²) in [6.07, 6.45) is 5.30. The predicted molar refractivity (Wildman–Crippen MR) is 71.1 cm³/mol. The van der Waals surface area contributed by atoms with Crippen molar-refractivity contribution in [1.29, 1.82) is 5.26 Å². The summed E-state index contributed by atoms with van der Waals surface area (Å²) in [5, 5.41) is 8.78. The molecule has 0 radical (unpaired) electrons. The summed E-state index contributed by atoms with van der Waals surface area (Å²) in [5.74, 6) is 0.989. The van der Waals surface area contributed by atoms with E-state index in [1.807, 2.05) is 18.2 Å². The first kappa shape index (κ1) is 12.2. The van der Waals surface area contributed by atoms with Crippen LogP contribution < -0.4 is 4.74 Å². The van der Waals surface area contributed by atoms with Crippen LogP contribution in [0.15, 0.2) is 18.2 Å². The number of Topliss-reactive ketones (excluding diaryl/α,β-unsaturated/α-hetero) is 1. The molecule has 0 aromatic heterocycles. The van der Waals surface area contributed by atoms with E-state index >= 15 is 0 Å². The van der Waals surface area contributed by atoms with Gasteiger partial charge in [-0.2, -0.15) is 5.26 Å². The Balaban J connectivity index is 1.71. The fourth-order valence-electron chi connectivity index (χ4n) is 2.65. The maximum absolute atomic E-state index is 11.9. The van der Waals surface area contributed by atoms with Crippen LogP contribution in [0.1, 0.15) is 48.0 Å². The van der Waals surface area contributed by atoms with Crippen LogP contribution in [0.4, 0.5) is 0 Å². The molecule has 0 aliphatic heterocycles. The topological polar surface area (TPSA) is 50.1 Å². The molecule has 1 saturated carbocycles. The van der Waals surface area contributed by atoms with E-state index in [0.29, 0.717) is 19.4 Å². The SMILES string of the molecule is N#CCC1(COc2ccc3c(c2)C(=O)CCC3)CC1. The average molecular weight is 255 g/mol. The van der Waals surface area contributed by atoms with E-state index in [4.69, 9.17) is 10.00 Å². The molecule has 0 unspecified atom stereocenters. The highest BCUT2D eigenvalue weighted by molar-refractivity contribution is 5.98. The Morgan fingerprint density at radius 2 is 2.16 bits per heavy atom. The largest absolute Gasteiger partial charge is 0.493 e. The van der Waals surface area contributed by atoms with Crippen LogP contribution in [-0.2, 0) is 6.42 Å². The number of ether oxygens (including phenoxy) is 1. The molecule has 98 valence electrons. The van der Waals surface area contributed by atoms with Crippen molar-refractivity contribution >= 4 is 5.78 Å². The lowest BCUT2D eigenvalue weighted by Crippen LogP contribution is -2.14. The quantitative estimate of drug-likeness (QED) is 0.829. The minimum Gasteiger partial charge on any atom is -0.493 e. The molecule has 0 atom stereocenters. The van der Waals surface area contributed by atoms with Crippen LogP contribution in [0.25, 0.3) is 0 Å². The number of nitrogens with zero attached hydrogens (tertiary/aromatic N) is 1. The van der Waals surface area contributed by atoms with Gasteiger partial charge in [0.1, 0.15) is 5.75 Å². The molecule has 2 aliphatic carbocycles. The van der Waals surface area contributed by atoms with Crippen molar-refractivity contribution < 1.29 is 9.53 Å². The van der Waals surface area contributed by atoms with Gasteiger partial charge in [-0.3, -0.25) is 4.79 Å². The molecule has 0 heterocycles. The molecule has 0 N–H and O–H groups in total. The Hall–Kier alpha value is -1.82. The zero-order valence-electron chi connectivity index (χ0n) is 10.9. The summed E-state index contributed by atoms with van der Waals surface area (Å²) in [7, 11) is 0. The second-order valence-electron chi connectivity index (χ2n) is 5.72. The minimum atomic E-state index is 0.0780. The second kappa shape index (κ2) is 4.70. The van der Waals surface area contributed by atoms with Gasteiger partial charge in [-0.05, 0) is 43.4 Å². The summed E-state index contributed by atoms with van der Waals surface area (Å²) in [5.41, 5.74) is 2.05. The predicted octanol–water partition coefficient (Wildman–Crippen LogP) is 3.28. The van der Waals surface area contributed by atoms with Gasteiger partial charge in [-0.25, -0.2) is 0 Å². The Bertz CT molecular complexity index is 552. The molecule has 3 rings (SSSR count). The van der Waals surface area contributed by atoms with Gasteiger partial charge in [0.2, 0.25) is 0 Å². The van der Waals surface area contributed by atoms with Crippen molar-refractivity contribution in [2.75, 3.05) is 6.61 Å². The van der Waals surface area contributed by atoms with Gasteiger partial charge in [-0.15, -0.1) is 0 Å². The summed E-state index contributed by atoms with van der Waals surface area (Å²) >= 11 is 0. The fraction of sp³-hybridized carbons (Fsp3) is 0.500. The van der Waals surface area contributed by atoms with Crippen LogP contribution >= 0.6 is 0 Å². The molecule has 3 heteroatoms. The third-order valence-electron chi connectivity index (χ3n) is 4.19. The van der Waals surface area contributed by atoms with Gasteiger partial charge in [-0.1, -0.05) is 6.07 Å². The molecule has 1 aromatic carbocycles. The van der Waals surface area contributed by atoms with E-state index < -0.39 is 0 Å². The standard InChI is InChI=1S/C16H17NO2/c17-9-8-16(6-7-16)11-19-13-5-4-12-2-1-3-15(18)14(12)10-13/h4-5,10H,1-3,6-8,11H2. The first-order valence-corrected chi connectivity index (χ1v) is 6.88. The van der Waals surface area contributed by atoms with Crippen molar-refractivity contribution in [2.24, 2.45) is 5.41 Å². The molecule has 0 amide bonds. The van der Waals surface area contributed by atoms with Gasteiger partial charge in [0.25, 0.3) is 0 Å². The van der Waals surface area contributed by atoms with Gasteiger partial charge in [0.15, 0.2) is 5.78 Å². The second-order valence-corrected chi connectivity index (χ2v) is 5.72.